The minimum Gasteiger partial charge on any atom is -0.451 e. The maximum absolute atomic E-state index is 12.4. The van der Waals surface area contributed by atoms with Crippen molar-refractivity contribution in [1.82, 2.24) is 20.2 Å². The number of fused-ring (bicyclic) bond motifs is 1. The summed E-state index contributed by atoms with van der Waals surface area (Å²) >= 11 is 1.44. The number of carbonyl (C=O) groups excluding carboxylic acids is 2. The van der Waals surface area contributed by atoms with Crippen LogP contribution in [0, 0.1) is 11.3 Å². The molecule has 136 valence electrons. The number of nitriles is 1. The summed E-state index contributed by atoms with van der Waals surface area (Å²) in [7, 11) is 0. The summed E-state index contributed by atoms with van der Waals surface area (Å²) in [6.45, 7) is 1.30. The molecular weight excluding hydrogens is 356 g/mol. The number of hydrogen-bond donors (Lipinski definition) is 1. The zero-order valence-corrected chi connectivity index (χ0v) is 15.1. The van der Waals surface area contributed by atoms with Crippen LogP contribution in [0.25, 0.3) is 0 Å². The number of tetrazole rings is 1. The second kappa shape index (κ2) is 8.05. The summed E-state index contributed by atoms with van der Waals surface area (Å²) in [5.41, 5.74) is 1.58. The van der Waals surface area contributed by atoms with E-state index >= 15 is 0 Å². The lowest BCUT2D eigenvalue weighted by atomic mass is 10.1. The second-order valence-electron chi connectivity index (χ2n) is 6.01. The first-order valence-electron chi connectivity index (χ1n) is 8.34. The molecule has 2 aromatic heterocycles. The zero-order valence-electron chi connectivity index (χ0n) is 14.3. The summed E-state index contributed by atoms with van der Waals surface area (Å²) < 4.78 is 6.31. The Morgan fingerprint density at radius 3 is 2.96 bits per heavy atom. The van der Waals surface area contributed by atoms with Gasteiger partial charge in [-0.15, -0.1) is 16.4 Å². The van der Waals surface area contributed by atoms with Gasteiger partial charge in [-0.2, -0.15) is 5.26 Å². The van der Waals surface area contributed by atoms with Crippen LogP contribution in [0.3, 0.4) is 0 Å². The molecule has 1 amide bonds. The summed E-state index contributed by atoms with van der Waals surface area (Å²) in [5.74, 6) is -1.09. The molecule has 1 aliphatic carbocycles. The van der Waals surface area contributed by atoms with Crippen molar-refractivity contribution in [1.29, 1.82) is 5.26 Å². The lowest BCUT2D eigenvalue weighted by Crippen LogP contribution is -2.31. The number of amides is 1. The number of thiophene rings is 1. The number of esters is 1. The zero-order chi connectivity index (χ0) is 18.5. The van der Waals surface area contributed by atoms with Crippen molar-refractivity contribution in [2.45, 2.75) is 51.7 Å². The summed E-state index contributed by atoms with van der Waals surface area (Å²) in [6.07, 6.45) is 5.38. The highest BCUT2D eigenvalue weighted by Gasteiger charge is 2.24. The number of ether oxygens (including phenoxy) is 1. The van der Waals surface area contributed by atoms with Crippen LogP contribution in [0.2, 0.25) is 0 Å². The molecule has 9 nitrogen and oxygen atoms in total. The van der Waals surface area contributed by atoms with Gasteiger partial charge >= 0.3 is 5.97 Å². The Labute approximate surface area is 153 Å². The van der Waals surface area contributed by atoms with Crippen molar-refractivity contribution < 1.29 is 14.3 Å². The summed E-state index contributed by atoms with van der Waals surface area (Å²) in [5, 5.41) is 23.2. The minimum atomic E-state index is -0.993. The maximum Gasteiger partial charge on any atom is 0.328 e. The van der Waals surface area contributed by atoms with Crippen molar-refractivity contribution in [3.63, 3.8) is 0 Å². The molecule has 0 saturated carbocycles. The molecule has 2 aromatic rings. The Balaban J connectivity index is 1.64. The number of nitrogens with one attached hydrogen (secondary N) is 1. The number of hydrogen-bond acceptors (Lipinski definition) is 8. The van der Waals surface area contributed by atoms with Gasteiger partial charge in [0.1, 0.15) is 23.9 Å². The van der Waals surface area contributed by atoms with E-state index in [9.17, 15) is 14.9 Å². The fourth-order valence-corrected chi connectivity index (χ4v) is 4.08. The maximum atomic E-state index is 12.4. The topological polar surface area (TPSA) is 123 Å². The van der Waals surface area contributed by atoms with Gasteiger partial charge in [-0.1, -0.05) is 6.42 Å². The van der Waals surface area contributed by atoms with Crippen LogP contribution in [0.1, 0.15) is 42.2 Å². The number of rotatable bonds is 5. The van der Waals surface area contributed by atoms with Gasteiger partial charge < -0.3 is 10.1 Å². The van der Waals surface area contributed by atoms with E-state index in [1.807, 2.05) is 0 Å². The molecule has 0 spiro atoms. The fraction of sp³-hybridized carbons (Fsp3) is 0.500. The fourth-order valence-electron chi connectivity index (χ4n) is 2.84. The third-order valence-electron chi connectivity index (χ3n) is 4.13. The molecule has 2 heterocycles. The van der Waals surface area contributed by atoms with E-state index in [0.29, 0.717) is 10.6 Å². The molecule has 0 bridgehead atoms. The highest BCUT2D eigenvalue weighted by atomic mass is 32.1. The molecule has 3 rings (SSSR count). The first kappa shape index (κ1) is 18.0. The Morgan fingerprint density at radius 2 is 2.23 bits per heavy atom. The van der Waals surface area contributed by atoms with Crippen LogP contribution in [0.4, 0.5) is 5.00 Å². The van der Waals surface area contributed by atoms with Crippen molar-refractivity contribution in [3.8, 4) is 6.07 Å². The quantitative estimate of drug-likeness (QED) is 0.620. The molecule has 26 heavy (non-hydrogen) atoms. The number of aryl methyl sites for hydroxylation is 1. The minimum absolute atomic E-state index is 0.179. The van der Waals surface area contributed by atoms with Gasteiger partial charge in [0.15, 0.2) is 6.10 Å². The van der Waals surface area contributed by atoms with Gasteiger partial charge in [0, 0.05) is 4.88 Å². The molecule has 0 aliphatic heterocycles. The van der Waals surface area contributed by atoms with E-state index in [2.05, 4.69) is 26.9 Å². The SMILES string of the molecule is C[C@H](OC(=O)Cn1cnnn1)C(=O)Nc1sc2c(c1C#N)CCCCC2. The predicted octanol–water partition coefficient (Wildman–Crippen LogP) is 1.45. The van der Waals surface area contributed by atoms with Crippen LogP contribution in [0.15, 0.2) is 6.33 Å². The Bertz CT molecular complexity index is 839. The monoisotopic (exact) mass is 374 g/mol. The van der Waals surface area contributed by atoms with E-state index in [1.165, 1.54) is 29.3 Å². The molecule has 0 fully saturated rings. The smallest absolute Gasteiger partial charge is 0.328 e. The van der Waals surface area contributed by atoms with E-state index in [1.54, 1.807) is 0 Å². The van der Waals surface area contributed by atoms with Gasteiger partial charge in [0.25, 0.3) is 5.91 Å². The first-order chi connectivity index (χ1) is 12.6. The average Bonchev–Trinajstić information content (AvgIpc) is 3.16. The van der Waals surface area contributed by atoms with Crippen LogP contribution in [-0.2, 0) is 33.7 Å². The van der Waals surface area contributed by atoms with Crippen molar-refractivity contribution >= 4 is 28.2 Å². The van der Waals surface area contributed by atoms with Crippen LogP contribution in [-0.4, -0.2) is 38.2 Å². The summed E-state index contributed by atoms with van der Waals surface area (Å²) in [6, 6.07) is 2.21. The lowest BCUT2D eigenvalue weighted by Gasteiger charge is -2.12. The molecule has 0 unspecified atom stereocenters. The molecule has 1 aliphatic rings. The van der Waals surface area contributed by atoms with Crippen LogP contribution >= 0.6 is 11.3 Å². The van der Waals surface area contributed by atoms with Gasteiger partial charge in [-0.25, -0.2) is 4.68 Å². The van der Waals surface area contributed by atoms with E-state index < -0.39 is 18.0 Å². The average molecular weight is 374 g/mol. The molecule has 0 saturated heterocycles. The highest BCUT2D eigenvalue weighted by molar-refractivity contribution is 7.16. The van der Waals surface area contributed by atoms with E-state index in [-0.39, 0.29) is 6.54 Å². The molecule has 1 N–H and O–H groups in total. The molecule has 0 aromatic carbocycles. The van der Waals surface area contributed by atoms with Crippen molar-refractivity contribution in [3.05, 3.63) is 22.3 Å². The van der Waals surface area contributed by atoms with Gasteiger partial charge in [-0.3, -0.25) is 9.59 Å². The largest absolute Gasteiger partial charge is 0.451 e. The van der Waals surface area contributed by atoms with Gasteiger partial charge in [-0.05, 0) is 48.6 Å². The Hall–Kier alpha value is -2.80. The lowest BCUT2D eigenvalue weighted by molar-refractivity contribution is -0.153. The molecule has 10 heteroatoms. The third kappa shape index (κ3) is 4.05. The van der Waals surface area contributed by atoms with Crippen molar-refractivity contribution in [2.75, 3.05) is 5.32 Å². The number of anilines is 1. The highest BCUT2D eigenvalue weighted by Crippen LogP contribution is 2.37. The van der Waals surface area contributed by atoms with Crippen LogP contribution < -0.4 is 5.32 Å². The second-order valence-corrected chi connectivity index (χ2v) is 7.11. The summed E-state index contributed by atoms with van der Waals surface area (Å²) in [4.78, 5) is 25.4. The number of nitrogens with zero attached hydrogens (tertiary/aromatic N) is 5. The Kier molecular flexibility index (Phi) is 5.58. The number of carbonyl (C=O) groups is 2. The predicted molar refractivity (Wildman–Crippen MR) is 92.3 cm³/mol. The standard InChI is InChI=1S/C16H18N6O3S/c1-10(25-14(23)8-22-9-18-20-21-22)15(24)19-16-12(7-17)11-5-3-2-4-6-13(11)26-16/h9-10H,2-6,8H2,1H3,(H,19,24)/t10-/m0/s1. The van der Waals surface area contributed by atoms with Gasteiger partial charge in [0.2, 0.25) is 0 Å². The van der Waals surface area contributed by atoms with Crippen LogP contribution in [0.5, 0.6) is 0 Å². The van der Waals surface area contributed by atoms with E-state index in [0.717, 1.165) is 42.5 Å². The third-order valence-corrected chi connectivity index (χ3v) is 5.34. The van der Waals surface area contributed by atoms with Gasteiger partial charge in [0.05, 0.1) is 5.56 Å². The number of aromatic nitrogens is 4. The van der Waals surface area contributed by atoms with Crippen molar-refractivity contribution in [2.24, 2.45) is 0 Å². The first-order valence-corrected chi connectivity index (χ1v) is 9.16. The molecule has 0 radical (unpaired) electrons. The van der Waals surface area contributed by atoms with E-state index in [4.69, 9.17) is 4.74 Å². The Morgan fingerprint density at radius 1 is 1.42 bits per heavy atom. The normalized spacial score (nSPS) is 14.6. The molecule has 1 atom stereocenters. The molecular formula is C16H18N6O3S.